The zero-order valence-corrected chi connectivity index (χ0v) is 13.6. The summed E-state index contributed by atoms with van der Waals surface area (Å²) in [5.74, 6) is 2.21. The molecule has 1 saturated carbocycles. The number of amides is 1. The lowest BCUT2D eigenvalue weighted by atomic mass is 9.93. The van der Waals surface area contributed by atoms with Gasteiger partial charge in [0.2, 0.25) is 5.91 Å². The summed E-state index contributed by atoms with van der Waals surface area (Å²) in [6.07, 6.45) is 3.85. The van der Waals surface area contributed by atoms with Crippen LogP contribution in [0.5, 0.6) is 0 Å². The minimum atomic E-state index is 0.0865. The Morgan fingerprint density at radius 3 is 2.65 bits per heavy atom. The van der Waals surface area contributed by atoms with Gasteiger partial charge >= 0.3 is 0 Å². The van der Waals surface area contributed by atoms with Crippen molar-refractivity contribution in [3.8, 4) is 0 Å². The molecule has 3 atom stereocenters. The summed E-state index contributed by atoms with van der Waals surface area (Å²) >= 11 is 0. The van der Waals surface area contributed by atoms with Crippen LogP contribution < -0.4 is 5.32 Å². The van der Waals surface area contributed by atoms with E-state index < -0.39 is 0 Å². The third-order valence-electron chi connectivity index (χ3n) is 4.73. The Kier molecular flexibility index (Phi) is 5.44. The van der Waals surface area contributed by atoms with Crippen molar-refractivity contribution in [3.63, 3.8) is 0 Å². The Labute approximate surface area is 123 Å². The summed E-state index contributed by atoms with van der Waals surface area (Å²) in [6.45, 7) is 8.10. The normalized spacial score (nSPS) is 29.2. The van der Waals surface area contributed by atoms with Gasteiger partial charge in [0.1, 0.15) is 0 Å². The van der Waals surface area contributed by atoms with E-state index in [-0.39, 0.29) is 6.04 Å². The van der Waals surface area contributed by atoms with Crippen LogP contribution in [0, 0.1) is 17.8 Å². The van der Waals surface area contributed by atoms with E-state index in [1.807, 2.05) is 0 Å². The van der Waals surface area contributed by atoms with E-state index in [4.69, 9.17) is 0 Å². The number of fused-ring (bicyclic) bond motifs is 1. The van der Waals surface area contributed by atoms with Crippen LogP contribution in [0.25, 0.3) is 0 Å². The minimum Gasteiger partial charge on any atom is -0.340 e. The highest BCUT2D eigenvalue weighted by Gasteiger charge is 2.43. The summed E-state index contributed by atoms with van der Waals surface area (Å²) in [5, 5.41) is 3.49. The van der Waals surface area contributed by atoms with Crippen LogP contribution in [0.2, 0.25) is 0 Å². The van der Waals surface area contributed by atoms with Crippen molar-refractivity contribution in [3.05, 3.63) is 0 Å². The van der Waals surface area contributed by atoms with Crippen LogP contribution in [0.1, 0.15) is 33.1 Å². The van der Waals surface area contributed by atoms with E-state index in [0.29, 0.717) is 17.7 Å². The quantitative estimate of drug-likeness (QED) is 0.800. The number of rotatable bonds is 6. The number of nitrogens with zero attached hydrogens (tertiary/aromatic N) is 2. The summed E-state index contributed by atoms with van der Waals surface area (Å²) < 4.78 is 0. The van der Waals surface area contributed by atoms with E-state index in [9.17, 15) is 4.79 Å². The standard InChI is InChI=1S/C16H31N3O/c1-12(2)11-19(9-8-18(3)4)16(20)15-14-7-5-6-13(14)10-17-15/h12-15,17H,5-11H2,1-4H3. The zero-order chi connectivity index (χ0) is 14.7. The molecule has 1 amide bonds. The van der Waals surface area contributed by atoms with Gasteiger partial charge in [0.15, 0.2) is 0 Å². The average molecular weight is 281 g/mol. The van der Waals surface area contributed by atoms with E-state index in [1.54, 1.807) is 0 Å². The van der Waals surface area contributed by atoms with Crippen LogP contribution in [-0.4, -0.2) is 62.0 Å². The van der Waals surface area contributed by atoms with Crippen LogP contribution in [0.15, 0.2) is 0 Å². The molecule has 0 aromatic carbocycles. The Bertz CT molecular complexity index is 330. The molecule has 4 heteroatoms. The molecule has 0 aromatic rings. The first-order valence-electron chi connectivity index (χ1n) is 8.16. The molecule has 2 aliphatic rings. The van der Waals surface area contributed by atoms with Gasteiger partial charge in [-0.3, -0.25) is 4.79 Å². The first-order chi connectivity index (χ1) is 9.49. The molecule has 0 spiro atoms. The zero-order valence-electron chi connectivity index (χ0n) is 13.6. The van der Waals surface area contributed by atoms with Crippen molar-refractivity contribution >= 4 is 5.91 Å². The second-order valence-corrected chi connectivity index (χ2v) is 7.22. The molecule has 1 saturated heterocycles. The highest BCUT2D eigenvalue weighted by Crippen LogP contribution is 2.38. The monoisotopic (exact) mass is 281 g/mol. The van der Waals surface area contributed by atoms with Gasteiger partial charge in [-0.15, -0.1) is 0 Å². The van der Waals surface area contributed by atoms with Crippen molar-refractivity contribution < 1.29 is 4.79 Å². The molecule has 20 heavy (non-hydrogen) atoms. The third-order valence-corrected chi connectivity index (χ3v) is 4.73. The van der Waals surface area contributed by atoms with Crippen LogP contribution in [0.3, 0.4) is 0 Å². The lowest BCUT2D eigenvalue weighted by molar-refractivity contribution is -0.134. The second-order valence-electron chi connectivity index (χ2n) is 7.22. The summed E-state index contributed by atoms with van der Waals surface area (Å²) in [7, 11) is 4.14. The fraction of sp³-hybridized carbons (Fsp3) is 0.938. The van der Waals surface area contributed by atoms with Crippen LogP contribution in [0.4, 0.5) is 0 Å². The molecule has 116 valence electrons. The maximum absolute atomic E-state index is 12.9. The van der Waals surface area contributed by atoms with Crippen molar-refractivity contribution in [1.29, 1.82) is 0 Å². The Hall–Kier alpha value is -0.610. The van der Waals surface area contributed by atoms with E-state index >= 15 is 0 Å². The molecular weight excluding hydrogens is 250 g/mol. The number of nitrogens with one attached hydrogen (secondary N) is 1. The van der Waals surface area contributed by atoms with Crippen molar-refractivity contribution in [2.45, 2.75) is 39.2 Å². The number of hydrogen-bond donors (Lipinski definition) is 1. The summed E-state index contributed by atoms with van der Waals surface area (Å²) in [6, 6.07) is 0.0865. The summed E-state index contributed by atoms with van der Waals surface area (Å²) in [4.78, 5) is 17.1. The van der Waals surface area contributed by atoms with E-state index in [2.05, 4.69) is 43.1 Å². The van der Waals surface area contributed by atoms with Crippen LogP contribution in [-0.2, 0) is 4.79 Å². The van der Waals surface area contributed by atoms with Crippen molar-refractivity contribution in [1.82, 2.24) is 15.1 Å². The van der Waals surface area contributed by atoms with Gasteiger partial charge in [0, 0.05) is 19.6 Å². The van der Waals surface area contributed by atoms with Gasteiger partial charge < -0.3 is 15.1 Å². The predicted molar refractivity (Wildman–Crippen MR) is 82.6 cm³/mol. The largest absolute Gasteiger partial charge is 0.340 e. The van der Waals surface area contributed by atoms with Gasteiger partial charge in [-0.1, -0.05) is 20.3 Å². The first-order valence-corrected chi connectivity index (χ1v) is 8.16. The maximum atomic E-state index is 12.9. The first kappa shape index (κ1) is 15.8. The lowest BCUT2D eigenvalue weighted by Crippen LogP contribution is -2.49. The molecule has 1 aliphatic carbocycles. The maximum Gasteiger partial charge on any atom is 0.240 e. The van der Waals surface area contributed by atoms with Crippen molar-refractivity contribution in [2.24, 2.45) is 17.8 Å². The highest BCUT2D eigenvalue weighted by atomic mass is 16.2. The SMILES string of the molecule is CC(C)CN(CCN(C)C)C(=O)C1NCC2CCCC21. The van der Waals surface area contributed by atoms with Gasteiger partial charge in [0.25, 0.3) is 0 Å². The van der Waals surface area contributed by atoms with Gasteiger partial charge in [-0.05, 0) is 51.2 Å². The molecule has 2 fully saturated rings. The molecule has 1 N–H and O–H groups in total. The number of carbonyl (C=O) groups is 1. The Morgan fingerprint density at radius 1 is 1.25 bits per heavy atom. The average Bonchev–Trinajstić information content (AvgIpc) is 2.95. The molecule has 4 nitrogen and oxygen atoms in total. The summed E-state index contributed by atoms with van der Waals surface area (Å²) in [5.41, 5.74) is 0. The number of carbonyl (C=O) groups excluding carboxylic acids is 1. The second kappa shape index (κ2) is 6.90. The Morgan fingerprint density at radius 2 is 2.00 bits per heavy atom. The molecule has 2 rings (SSSR count). The Balaban J connectivity index is 1.97. The molecule has 0 radical (unpaired) electrons. The van der Waals surface area contributed by atoms with E-state index in [0.717, 1.165) is 32.1 Å². The minimum absolute atomic E-state index is 0.0865. The van der Waals surface area contributed by atoms with Crippen LogP contribution >= 0.6 is 0 Å². The molecule has 3 unspecified atom stereocenters. The predicted octanol–water partition coefficient (Wildman–Crippen LogP) is 1.42. The number of hydrogen-bond acceptors (Lipinski definition) is 3. The third kappa shape index (κ3) is 3.73. The van der Waals surface area contributed by atoms with Gasteiger partial charge in [0.05, 0.1) is 6.04 Å². The number of likely N-dealkylation sites (N-methyl/N-ethyl adjacent to an activating group) is 1. The van der Waals surface area contributed by atoms with E-state index in [1.165, 1.54) is 19.3 Å². The molecular formula is C16H31N3O. The highest BCUT2D eigenvalue weighted by molar-refractivity contribution is 5.82. The van der Waals surface area contributed by atoms with Gasteiger partial charge in [-0.25, -0.2) is 0 Å². The molecule has 1 heterocycles. The smallest absolute Gasteiger partial charge is 0.240 e. The van der Waals surface area contributed by atoms with Crippen molar-refractivity contribution in [2.75, 3.05) is 40.3 Å². The topological polar surface area (TPSA) is 35.6 Å². The molecule has 1 aliphatic heterocycles. The molecule has 0 bridgehead atoms. The lowest BCUT2D eigenvalue weighted by Gasteiger charge is -2.30. The molecule has 0 aromatic heterocycles. The van der Waals surface area contributed by atoms with Gasteiger partial charge in [-0.2, -0.15) is 0 Å². The fourth-order valence-corrected chi connectivity index (χ4v) is 3.71. The fourth-order valence-electron chi connectivity index (χ4n) is 3.71.